The van der Waals surface area contributed by atoms with Gasteiger partial charge in [-0.25, -0.2) is 4.79 Å². The Labute approximate surface area is 203 Å². The van der Waals surface area contributed by atoms with Crippen molar-refractivity contribution in [3.05, 3.63) is 100 Å². The molecule has 1 N–H and O–H groups in total. The van der Waals surface area contributed by atoms with E-state index in [2.05, 4.69) is 4.98 Å². The SMILES string of the molecule is CCCOC(=O)c1cccc(N2C(=O)C(=O)/C(=C(/O)c3ccc(C)c(C)c3)C2c2ccccn2)c1. The first-order valence-corrected chi connectivity index (χ1v) is 11.4. The maximum absolute atomic E-state index is 13.3. The second-order valence-electron chi connectivity index (χ2n) is 8.41. The minimum atomic E-state index is -0.972. The summed E-state index contributed by atoms with van der Waals surface area (Å²) >= 11 is 0. The largest absolute Gasteiger partial charge is 0.507 e. The summed E-state index contributed by atoms with van der Waals surface area (Å²) in [6.07, 6.45) is 2.24. The van der Waals surface area contributed by atoms with Crippen LogP contribution in [-0.4, -0.2) is 34.4 Å². The van der Waals surface area contributed by atoms with Crippen molar-refractivity contribution >= 4 is 29.1 Å². The number of pyridine rings is 1. The fourth-order valence-electron chi connectivity index (χ4n) is 4.02. The summed E-state index contributed by atoms with van der Waals surface area (Å²) in [5.41, 5.74) is 3.35. The molecule has 4 rings (SSSR count). The first-order valence-electron chi connectivity index (χ1n) is 11.4. The number of carbonyl (C=O) groups is 3. The van der Waals surface area contributed by atoms with Crippen molar-refractivity contribution in [1.82, 2.24) is 4.98 Å². The Balaban J connectivity index is 1.87. The number of aryl methyl sites for hydroxylation is 2. The summed E-state index contributed by atoms with van der Waals surface area (Å²) in [5, 5.41) is 11.2. The standard InChI is InChI=1S/C28H26N2O5/c1-4-14-35-28(34)20-8-7-9-21(16-20)30-24(22-10-5-6-13-29-22)23(26(32)27(30)33)25(31)19-12-11-17(2)18(3)15-19/h5-13,15-16,24,31H,4,14H2,1-3H3/b25-23+. The van der Waals surface area contributed by atoms with Gasteiger partial charge in [-0.05, 0) is 67.8 Å². The van der Waals surface area contributed by atoms with Crippen molar-refractivity contribution in [1.29, 1.82) is 0 Å². The fraction of sp³-hybridized carbons (Fsp3) is 0.214. The van der Waals surface area contributed by atoms with E-state index in [1.165, 1.54) is 11.0 Å². The molecule has 1 aliphatic rings. The summed E-state index contributed by atoms with van der Waals surface area (Å²) in [6, 6.07) is 15.9. The highest BCUT2D eigenvalue weighted by atomic mass is 16.5. The van der Waals surface area contributed by atoms with Crippen LogP contribution in [-0.2, 0) is 14.3 Å². The number of aliphatic hydroxyl groups excluding tert-OH is 1. The van der Waals surface area contributed by atoms with Crippen LogP contribution >= 0.6 is 0 Å². The van der Waals surface area contributed by atoms with Gasteiger partial charge in [-0.3, -0.25) is 19.5 Å². The third-order valence-corrected chi connectivity index (χ3v) is 5.99. The Morgan fingerprint density at radius 2 is 1.80 bits per heavy atom. The van der Waals surface area contributed by atoms with Gasteiger partial charge in [0.05, 0.1) is 23.4 Å². The number of benzene rings is 2. The number of Topliss-reactive ketones (excluding diaryl/α,β-unsaturated/α-hetero) is 1. The second kappa shape index (κ2) is 9.93. The van der Waals surface area contributed by atoms with Crippen molar-refractivity contribution < 1.29 is 24.2 Å². The molecule has 7 nitrogen and oxygen atoms in total. The van der Waals surface area contributed by atoms with E-state index in [0.29, 0.717) is 23.4 Å². The minimum absolute atomic E-state index is 0.0593. The van der Waals surface area contributed by atoms with Crippen molar-refractivity contribution in [2.75, 3.05) is 11.5 Å². The molecule has 0 saturated carbocycles. The zero-order valence-electron chi connectivity index (χ0n) is 19.8. The number of ketones is 1. The molecule has 1 aromatic heterocycles. The topological polar surface area (TPSA) is 96.8 Å². The van der Waals surface area contributed by atoms with E-state index < -0.39 is 23.7 Å². The van der Waals surface area contributed by atoms with E-state index in [4.69, 9.17) is 4.74 Å². The number of aliphatic hydroxyl groups is 1. The lowest BCUT2D eigenvalue weighted by molar-refractivity contribution is -0.132. The first kappa shape index (κ1) is 23.9. The van der Waals surface area contributed by atoms with Crippen LogP contribution in [0.2, 0.25) is 0 Å². The monoisotopic (exact) mass is 470 g/mol. The predicted molar refractivity (Wildman–Crippen MR) is 132 cm³/mol. The molecule has 1 fully saturated rings. The van der Waals surface area contributed by atoms with Gasteiger partial charge in [0.1, 0.15) is 11.8 Å². The van der Waals surface area contributed by atoms with E-state index in [1.54, 1.807) is 54.7 Å². The lowest BCUT2D eigenvalue weighted by Gasteiger charge is -2.25. The van der Waals surface area contributed by atoms with E-state index >= 15 is 0 Å². The molecule has 1 amide bonds. The number of ether oxygens (including phenoxy) is 1. The van der Waals surface area contributed by atoms with Crippen molar-refractivity contribution in [2.24, 2.45) is 0 Å². The van der Waals surface area contributed by atoms with Gasteiger partial charge in [0.15, 0.2) is 0 Å². The third-order valence-electron chi connectivity index (χ3n) is 5.99. The lowest BCUT2D eigenvalue weighted by Crippen LogP contribution is -2.30. The average Bonchev–Trinajstić information content (AvgIpc) is 3.14. The van der Waals surface area contributed by atoms with Gasteiger partial charge in [0.2, 0.25) is 0 Å². The van der Waals surface area contributed by atoms with Crippen LogP contribution < -0.4 is 4.90 Å². The van der Waals surface area contributed by atoms with Gasteiger partial charge in [-0.1, -0.05) is 31.2 Å². The lowest BCUT2D eigenvalue weighted by atomic mass is 9.96. The summed E-state index contributed by atoms with van der Waals surface area (Å²) in [6.45, 7) is 6.03. The van der Waals surface area contributed by atoms with Gasteiger partial charge >= 0.3 is 5.97 Å². The summed E-state index contributed by atoms with van der Waals surface area (Å²) in [4.78, 5) is 44.6. The van der Waals surface area contributed by atoms with Crippen LogP contribution in [0.25, 0.3) is 5.76 Å². The molecule has 178 valence electrons. The molecule has 0 aliphatic carbocycles. The van der Waals surface area contributed by atoms with Gasteiger partial charge in [0, 0.05) is 17.4 Å². The van der Waals surface area contributed by atoms with Crippen molar-refractivity contribution in [3.63, 3.8) is 0 Å². The maximum Gasteiger partial charge on any atom is 0.338 e. The number of hydrogen-bond acceptors (Lipinski definition) is 6. The number of esters is 1. The molecule has 1 atom stereocenters. The molecule has 3 aromatic rings. The highest BCUT2D eigenvalue weighted by Crippen LogP contribution is 2.41. The number of nitrogens with zero attached hydrogens (tertiary/aromatic N) is 2. The van der Waals surface area contributed by atoms with E-state index in [1.807, 2.05) is 26.8 Å². The molecule has 2 heterocycles. The zero-order valence-corrected chi connectivity index (χ0v) is 19.8. The van der Waals surface area contributed by atoms with E-state index in [0.717, 1.165) is 11.1 Å². The Morgan fingerprint density at radius 3 is 2.49 bits per heavy atom. The molecule has 0 bridgehead atoms. The summed E-state index contributed by atoms with van der Waals surface area (Å²) in [7, 11) is 0. The molecule has 0 spiro atoms. The zero-order chi connectivity index (χ0) is 25.1. The van der Waals surface area contributed by atoms with E-state index in [9.17, 15) is 19.5 Å². The van der Waals surface area contributed by atoms with Gasteiger partial charge < -0.3 is 9.84 Å². The van der Waals surface area contributed by atoms with Crippen LogP contribution in [0, 0.1) is 13.8 Å². The van der Waals surface area contributed by atoms with Crippen LogP contribution in [0.3, 0.4) is 0 Å². The molecular weight excluding hydrogens is 444 g/mol. The Kier molecular flexibility index (Phi) is 6.78. The van der Waals surface area contributed by atoms with Crippen molar-refractivity contribution in [2.45, 2.75) is 33.2 Å². The summed E-state index contributed by atoms with van der Waals surface area (Å²) < 4.78 is 5.22. The predicted octanol–water partition coefficient (Wildman–Crippen LogP) is 4.89. The average molecular weight is 471 g/mol. The van der Waals surface area contributed by atoms with E-state index in [-0.39, 0.29) is 23.5 Å². The highest BCUT2D eigenvalue weighted by molar-refractivity contribution is 6.51. The smallest absolute Gasteiger partial charge is 0.338 e. The van der Waals surface area contributed by atoms with Gasteiger partial charge in [-0.15, -0.1) is 0 Å². The van der Waals surface area contributed by atoms with Gasteiger partial charge in [-0.2, -0.15) is 0 Å². The number of amides is 1. The Morgan fingerprint density at radius 1 is 1.00 bits per heavy atom. The van der Waals surface area contributed by atoms with Crippen LogP contribution in [0.4, 0.5) is 5.69 Å². The molecule has 1 aliphatic heterocycles. The maximum atomic E-state index is 13.3. The normalized spacial score (nSPS) is 17.0. The summed E-state index contributed by atoms with van der Waals surface area (Å²) in [5.74, 6) is -2.43. The first-order chi connectivity index (χ1) is 16.8. The quantitative estimate of drug-likeness (QED) is 0.238. The Bertz CT molecular complexity index is 1330. The molecule has 1 unspecified atom stereocenters. The molecular formula is C28H26N2O5. The minimum Gasteiger partial charge on any atom is -0.507 e. The van der Waals surface area contributed by atoms with Crippen LogP contribution in [0.15, 0.2) is 72.4 Å². The Hall–Kier alpha value is -4.26. The molecule has 7 heteroatoms. The highest BCUT2D eigenvalue weighted by Gasteiger charge is 2.47. The molecule has 0 radical (unpaired) electrons. The number of aromatic nitrogens is 1. The molecule has 2 aromatic carbocycles. The number of hydrogen-bond donors (Lipinski definition) is 1. The third kappa shape index (κ3) is 4.57. The van der Waals surface area contributed by atoms with Crippen LogP contribution in [0.1, 0.15) is 52.1 Å². The second-order valence-corrected chi connectivity index (χ2v) is 8.41. The number of anilines is 1. The van der Waals surface area contributed by atoms with Gasteiger partial charge in [0.25, 0.3) is 11.7 Å². The van der Waals surface area contributed by atoms with Crippen LogP contribution in [0.5, 0.6) is 0 Å². The molecule has 35 heavy (non-hydrogen) atoms. The molecule has 1 saturated heterocycles. The number of carbonyl (C=O) groups excluding carboxylic acids is 3. The fourth-order valence-corrected chi connectivity index (χ4v) is 4.02. The van der Waals surface area contributed by atoms with Crippen molar-refractivity contribution in [3.8, 4) is 0 Å². The number of rotatable bonds is 6.